The van der Waals surface area contributed by atoms with Gasteiger partial charge in [-0.2, -0.15) is 0 Å². The highest BCUT2D eigenvalue weighted by atomic mass is 32.1. The molecule has 0 atom stereocenters. The Balaban J connectivity index is 1.25. The van der Waals surface area contributed by atoms with Gasteiger partial charge < -0.3 is 15.1 Å². The highest BCUT2D eigenvalue weighted by molar-refractivity contribution is 7.22. The Morgan fingerprint density at radius 1 is 1.13 bits per heavy atom. The zero-order valence-corrected chi connectivity index (χ0v) is 17.3. The molecule has 30 heavy (non-hydrogen) atoms. The molecule has 1 N–H and O–H groups in total. The van der Waals surface area contributed by atoms with Gasteiger partial charge in [-0.15, -0.1) is 0 Å². The number of thiazole rings is 1. The minimum atomic E-state index is -0.393. The van der Waals surface area contributed by atoms with Crippen molar-refractivity contribution in [1.29, 1.82) is 0 Å². The maximum atomic E-state index is 12.4. The zero-order valence-electron chi connectivity index (χ0n) is 16.5. The van der Waals surface area contributed by atoms with Crippen LogP contribution in [0.2, 0.25) is 0 Å². The number of aromatic nitrogens is 1. The Morgan fingerprint density at radius 2 is 1.90 bits per heavy atom. The third-order valence-corrected chi connectivity index (χ3v) is 6.25. The van der Waals surface area contributed by atoms with Crippen LogP contribution in [0.5, 0.6) is 0 Å². The van der Waals surface area contributed by atoms with Gasteiger partial charge >= 0.3 is 6.03 Å². The van der Waals surface area contributed by atoms with Gasteiger partial charge in [0.2, 0.25) is 0 Å². The lowest BCUT2D eigenvalue weighted by atomic mass is 10.1. The van der Waals surface area contributed by atoms with Crippen LogP contribution in [0.25, 0.3) is 10.2 Å². The van der Waals surface area contributed by atoms with E-state index in [4.69, 9.17) is 0 Å². The highest BCUT2D eigenvalue weighted by Gasteiger charge is 2.23. The second-order valence-corrected chi connectivity index (χ2v) is 8.21. The van der Waals surface area contributed by atoms with Crippen LogP contribution in [0.1, 0.15) is 12.0 Å². The summed E-state index contributed by atoms with van der Waals surface area (Å²) in [7, 11) is 0. The van der Waals surface area contributed by atoms with Crippen molar-refractivity contribution in [1.82, 2.24) is 15.2 Å². The smallest absolute Gasteiger partial charge is 0.317 e. The zero-order chi connectivity index (χ0) is 20.9. The number of fused-ring (bicyclic) bond motifs is 1. The molecule has 0 aliphatic carbocycles. The number of nitro groups is 1. The summed E-state index contributed by atoms with van der Waals surface area (Å²) in [5, 5.41) is 14.8. The first kappa shape index (κ1) is 20.1. The van der Waals surface area contributed by atoms with Crippen LogP contribution in [0.4, 0.5) is 15.6 Å². The summed E-state index contributed by atoms with van der Waals surface area (Å²) in [5.74, 6) is 0. The first-order valence-corrected chi connectivity index (χ1v) is 10.8. The van der Waals surface area contributed by atoms with Crippen molar-refractivity contribution >= 4 is 38.4 Å². The van der Waals surface area contributed by atoms with Crippen LogP contribution in [-0.2, 0) is 6.42 Å². The predicted molar refractivity (Wildman–Crippen MR) is 118 cm³/mol. The van der Waals surface area contributed by atoms with Gasteiger partial charge in [0.1, 0.15) is 0 Å². The Morgan fingerprint density at radius 3 is 2.63 bits per heavy atom. The van der Waals surface area contributed by atoms with E-state index in [0.717, 1.165) is 28.2 Å². The van der Waals surface area contributed by atoms with Crippen molar-refractivity contribution < 1.29 is 9.72 Å². The summed E-state index contributed by atoms with van der Waals surface area (Å²) in [4.78, 5) is 31.5. The Kier molecular flexibility index (Phi) is 6.08. The molecular weight excluding hydrogens is 402 g/mol. The molecule has 4 rings (SSSR count). The number of nitrogens with one attached hydrogen (secondary N) is 1. The second-order valence-electron chi connectivity index (χ2n) is 7.20. The minimum absolute atomic E-state index is 0.0253. The number of piperazine rings is 1. The molecule has 2 aromatic carbocycles. The standard InChI is InChI=1S/C21H23N5O3S/c27-20(22-10-4-7-16-5-2-1-3-6-16)24-11-13-25(14-12-24)21-23-18-9-8-17(26(28)29)15-19(18)30-21/h1-3,5-6,8-9,15H,4,7,10-14H2,(H,22,27). The van der Waals surface area contributed by atoms with Gasteiger partial charge in [0, 0.05) is 44.9 Å². The predicted octanol–water partition coefficient (Wildman–Crippen LogP) is 3.67. The van der Waals surface area contributed by atoms with Crippen molar-refractivity contribution in [2.24, 2.45) is 0 Å². The van der Waals surface area contributed by atoms with E-state index < -0.39 is 4.92 Å². The fourth-order valence-corrected chi connectivity index (χ4v) is 4.55. The number of urea groups is 1. The van der Waals surface area contributed by atoms with E-state index >= 15 is 0 Å². The van der Waals surface area contributed by atoms with E-state index in [9.17, 15) is 14.9 Å². The van der Waals surface area contributed by atoms with Gasteiger partial charge in [0.25, 0.3) is 5.69 Å². The number of hydrogen-bond donors (Lipinski definition) is 1. The molecule has 0 saturated carbocycles. The van der Waals surface area contributed by atoms with Gasteiger partial charge in [-0.25, -0.2) is 9.78 Å². The van der Waals surface area contributed by atoms with E-state index in [-0.39, 0.29) is 11.7 Å². The quantitative estimate of drug-likeness (QED) is 0.370. The number of rotatable bonds is 6. The average Bonchev–Trinajstić information content (AvgIpc) is 3.21. The summed E-state index contributed by atoms with van der Waals surface area (Å²) < 4.78 is 0.804. The first-order chi connectivity index (χ1) is 14.6. The molecule has 1 fully saturated rings. The minimum Gasteiger partial charge on any atom is -0.345 e. The monoisotopic (exact) mass is 425 g/mol. The molecular formula is C21H23N5O3S. The number of hydrogen-bond acceptors (Lipinski definition) is 6. The fourth-order valence-electron chi connectivity index (χ4n) is 3.50. The van der Waals surface area contributed by atoms with Gasteiger partial charge in [-0.05, 0) is 24.5 Å². The summed E-state index contributed by atoms with van der Waals surface area (Å²) in [5.41, 5.74) is 2.12. The van der Waals surface area contributed by atoms with Crippen molar-refractivity contribution in [2.45, 2.75) is 12.8 Å². The number of carbonyl (C=O) groups excluding carboxylic acids is 1. The lowest BCUT2D eigenvalue weighted by Gasteiger charge is -2.34. The van der Waals surface area contributed by atoms with E-state index in [1.165, 1.54) is 23.0 Å². The molecule has 156 valence electrons. The summed E-state index contributed by atoms with van der Waals surface area (Å²) in [6.45, 7) is 3.30. The second kappa shape index (κ2) is 9.08. The third kappa shape index (κ3) is 4.68. The fraction of sp³-hybridized carbons (Fsp3) is 0.333. The molecule has 3 aromatic rings. The van der Waals surface area contributed by atoms with Crippen LogP contribution < -0.4 is 10.2 Å². The average molecular weight is 426 g/mol. The van der Waals surface area contributed by atoms with Crippen LogP contribution in [0, 0.1) is 10.1 Å². The normalized spacial score (nSPS) is 14.1. The van der Waals surface area contributed by atoms with Crippen LogP contribution in [0.3, 0.4) is 0 Å². The number of nitrogens with zero attached hydrogens (tertiary/aromatic N) is 4. The number of benzene rings is 2. The third-order valence-electron chi connectivity index (χ3n) is 5.17. The van der Waals surface area contributed by atoms with E-state index in [1.54, 1.807) is 12.1 Å². The SMILES string of the molecule is O=C(NCCCc1ccccc1)N1CCN(c2nc3ccc([N+](=O)[O-])cc3s2)CC1. The lowest BCUT2D eigenvalue weighted by molar-refractivity contribution is -0.384. The molecule has 0 bridgehead atoms. The number of anilines is 1. The maximum Gasteiger partial charge on any atom is 0.317 e. The topological polar surface area (TPSA) is 91.6 Å². The number of nitro benzene ring substituents is 1. The number of non-ortho nitro benzene ring substituents is 1. The Bertz CT molecular complexity index is 1030. The summed E-state index contributed by atoms with van der Waals surface area (Å²) >= 11 is 1.45. The highest BCUT2D eigenvalue weighted by Crippen LogP contribution is 2.31. The Labute approximate surface area is 178 Å². The number of amides is 2. The van der Waals surface area contributed by atoms with Gasteiger partial charge in [-0.1, -0.05) is 41.7 Å². The molecule has 0 unspecified atom stereocenters. The molecule has 1 aliphatic heterocycles. The summed E-state index contributed by atoms with van der Waals surface area (Å²) in [6, 6.07) is 15.0. The molecule has 1 aromatic heterocycles. The van der Waals surface area contributed by atoms with E-state index in [0.29, 0.717) is 32.7 Å². The van der Waals surface area contributed by atoms with Crippen molar-refractivity contribution in [2.75, 3.05) is 37.6 Å². The van der Waals surface area contributed by atoms with E-state index in [1.807, 2.05) is 23.1 Å². The number of aryl methyl sites for hydroxylation is 1. The molecule has 2 amide bonds. The molecule has 0 radical (unpaired) electrons. The van der Waals surface area contributed by atoms with Gasteiger partial charge in [0.15, 0.2) is 5.13 Å². The molecule has 1 aliphatic rings. The Hall–Kier alpha value is -3.20. The van der Waals surface area contributed by atoms with Crippen molar-refractivity contribution in [3.63, 3.8) is 0 Å². The van der Waals surface area contributed by atoms with Crippen LogP contribution in [-0.4, -0.2) is 53.6 Å². The molecule has 1 saturated heterocycles. The van der Waals surface area contributed by atoms with Gasteiger partial charge in [-0.3, -0.25) is 10.1 Å². The van der Waals surface area contributed by atoms with Crippen LogP contribution in [0.15, 0.2) is 48.5 Å². The summed E-state index contributed by atoms with van der Waals surface area (Å²) in [6.07, 6.45) is 1.86. The van der Waals surface area contributed by atoms with Crippen molar-refractivity contribution in [3.05, 3.63) is 64.2 Å². The number of carbonyl (C=O) groups is 1. The molecule has 2 heterocycles. The molecule has 8 nitrogen and oxygen atoms in total. The van der Waals surface area contributed by atoms with Crippen LogP contribution >= 0.6 is 11.3 Å². The molecule has 0 spiro atoms. The first-order valence-electron chi connectivity index (χ1n) is 9.97. The molecule has 9 heteroatoms. The van der Waals surface area contributed by atoms with E-state index in [2.05, 4.69) is 27.3 Å². The maximum absolute atomic E-state index is 12.4. The van der Waals surface area contributed by atoms with Crippen molar-refractivity contribution in [3.8, 4) is 0 Å². The van der Waals surface area contributed by atoms with Gasteiger partial charge in [0.05, 0.1) is 15.1 Å². The largest absolute Gasteiger partial charge is 0.345 e. The lowest BCUT2D eigenvalue weighted by Crippen LogP contribution is -2.52.